The first-order valence-electron chi connectivity index (χ1n) is 42.2. The molecule has 0 radical (unpaired) electrons. The minimum absolute atomic E-state index is 0. The number of phenols is 3. The molecule has 2 unspecified atom stereocenters. The lowest BCUT2D eigenvalue weighted by molar-refractivity contribution is -0.158. The van der Waals surface area contributed by atoms with Gasteiger partial charge in [-0.25, -0.2) is 14.4 Å². The summed E-state index contributed by atoms with van der Waals surface area (Å²) in [4.78, 5) is 52.0. The molecule has 668 valence electrons. The second-order valence-corrected chi connectivity index (χ2v) is 37.3. The van der Waals surface area contributed by atoms with Gasteiger partial charge in [0.25, 0.3) is 0 Å². The second-order valence-electron chi connectivity index (χ2n) is 35.1. The lowest BCUT2D eigenvalue weighted by Crippen LogP contribution is -2.69. The summed E-state index contributed by atoms with van der Waals surface area (Å²) in [5.74, 6) is 4.56. The summed E-state index contributed by atoms with van der Waals surface area (Å²) in [6.07, 6.45) is 1.26. The first-order valence-corrected chi connectivity index (χ1v) is 44.3. The molecule has 14 aliphatic rings. The van der Waals surface area contributed by atoms with Gasteiger partial charge in [0, 0.05) is 93.3 Å². The molecule has 127 heavy (non-hydrogen) atoms. The van der Waals surface area contributed by atoms with Crippen molar-refractivity contribution in [2.75, 3.05) is 93.9 Å². The number of aromatic hydroxyl groups is 3. The average Bonchev–Trinajstić information content (AvgIpc) is 1.62. The molecule has 0 saturated carbocycles. The van der Waals surface area contributed by atoms with Crippen molar-refractivity contribution in [2.24, 2.45) is 0 Å². The fourth-order valence-corrected chi connectivity index (χ4v) is 25.5. The van der Waals surface area contributed by atoms with Crippen LogP contribution in [0.2, 0.25) is 0 Å². The van der Waals surface area contributed by atoms with Gasteiger partial charge in [0.1, 0.15) is 55.6 Å². The van der Waals surface area contributed by atoms with E-state index < -0.39 is 93.6 Å². The van der Waals surface area contributed by atoms with Crippen molar-refractivity contribution in [3.8, 4) is 92.6 Å². The Balaban J connectivity index is 0.000000177. The third-order valence-electron chi connectivity index (χ3n) is 27.4. The van der Waals surface area contributed by atoms with E-state index in [-0.39, 0.29) is 113 Å². The molecule has 8 bridgehead atoms. The number of carbonyl (C=O) groups is 3. The minimum atomic E-state index is -1.40. The third kappa shape index (κ3) is 13.9. The number of rotatable bonds is 11. The smallest absolute Gasteiger partial charge is 0.504 e. The van der Waals surface area contributed by atoms with Gasteiger partial charge in [-0.3, -0.25) is 30.2 Å². The molecule has 22 rings (SSSR count). The largest absolute Gasteiger partial charge is 0.514 e. The summed E-state index contributed by atoms with van der Waals surface area (Å²) in [6, 6.07) is 31.4. The molecule has 4 fully saturated rings. The van der Waals surface area contributed by atoms with Crippen LogP contribution >= 0.6 is 23.5 Å². The molecule has 14 heterocycles. The zero-order chi connectivity index (χ0) is 87.3. The van der Waals surface area contributed by atoms with Crippen LogP contribution in [0.3, 0.4) is 0 Å². The zero-order valence-corrected chi connectivity index (χ0v) is 73.5. The molecule has 5 N–H and O–H groups in total. The Kier molecular flexibility index (Phi) is 23.4. The van der Waals surface area contributed by atoms with Crippen LogP contribution < -0.4 is 62.7 Å². The number of hydrogen-bond acceptors (Lipinski definition) is 30. The number of esters is 2. The van der Waals surface area contributed by atoms with Gasteiger partial charge >= 0.3 is 18.1 Å². The van der Waals surface area contributed by atoms with E-state index in [9.17, 15) is 35.4 Å². The van der Waals surface area contributed by atoms with Gasteiger partial charge in [0.2, 0.25) is 13.6 Å². The highest BCUT2D eigenvalue weighted by molar-refractivity contribution is 7.99. The number of thioether (sulfide) groups is 2. The van der Waals surface area contributed by atoms with Crippen LogP contribution in [0.4, 0.5) is 4.79 Å². The van der Waals surface area contributed by atoms with E-state index in [1.165, 1.54) is 14.2 Å². The van der Waals surface area contributed by atoms with Crippen molar-refractivity contribution >= 4 is 41.6 Å². The van der Waals surface area contributed by atoms with Crippen molar-refractivity contribution in [1.82, 2.24) is 30.2 Å². The fourth-order valence-electron chi connectivity index (χ4n) is 22.1. The van der Waals surface area contributed by atoms with Crippen LogP contribution in [-0.2, 0) is 73.8 Å². The predicted molar refractivity (Wildman–Crippen MR) is 474 cm³/mol. The first kappa shape index (κ1) is 87.9. The minimum Gasteiger partial charge on any atom is -0.504 e. The second kappa shape index (κ2) is 33.8. The number of piperazine rings is 2. The molecule has 8 aromatic carbocycles. The number of methoxy groups -OCH3 is 4. The fraction of sp³-hybridized carbons (Fsp3) is 0.454. The molecule has 14 aliphatic heterocycles. The molecule has 4 saturated heterocycles. The number of nitriles is 2. The maximum absolute atomic E-state index is 15.2. The molecule has 28 nitrogen and oxygen atoms in total. The summed E-state index contributed by atoms with van der Waals surface area (Å²) in [7, 11) is 10.2. The van der Waals surface area contributed by atoms with Crippen molar-refractivity contribution in [3.05, 3.63) is 197 Å². The molecule has 0 aliphatic carbocycles. The Morgan fingerprint density at radius 1 is 0.535 bits per heavy atom. The zero-order valence-electron chi connectivity index (χ0n) is 71.8. The predicted octanol–water partition coefficient (Wildman–Crippen LogP) is 14.2. The number of carbonyl (C=O) groups excluding carboxylic acids is 3. The maximum Gasteiger partial charge on any atom is 0.514 e. The number of nitrogens with zero attached hydrogens (tertiary/aromatic N) is 6. The number of likely N-dealkylation sites (N-methyl/N-ethyl adjacent to an activating group) is 2. The summed E-state index contributed by atoms with van der Waals surface area (Å²) in [6.45, 7) is 14.2. The van der Waals surface area contributed by atoms with E-state index in [1.54, 1.807) is 82.8 Å². The first-order chi connectivity index (χ1) is 60.3. The summed E-state index contributed by atoms with van der Waals surface area (Å²) < 4.78 is 86.6. The Morgan fingerprint density at radius 3 is 1.38 bits per heavy atom. The van der Waals surface area contributed by atoms with Crippen molar-refractivity contribution < 1.29 is 96.0 Å². The van der Waals surface area contributed by atoms with Crippen LogP contribution in [0.25, 0.3) is 0 Å². The van der Waals surface area contributed by atoms with Crippen molar-refractivity contribution in [3.63, 3.8) is 0 Å². The van der Waals surface area contributed by atoms with E-state index in [0.29, 0.717) is 95.9 Å². The van der Waals surface area contributed by atoms with Gasteiger partial charge in [-0.05, 0) is 168 Å². The highest BCUT2D eigenvalue weighted by Crippen LogP contribution is 2.68. The Bertz CT molecular complexity index is 5820. The molecule has 8 aromatic rings. The molecule has 14 atom stereocenters. The maximum atomic E-state index is 15.2. The lowest BCUT2D eigenvalue weighted by Gasteiger charge is -2.62. The average molecular weight is 1770 g/mol. The van der Waals surface area contributed by atoms with Crippen LogP contribution in [-0.4, -0.2) is 189 Å². The van der Waals surface area contributed by atoms with Gasteiger partial charge in [-0.1, -0.05) is 87.6 Å². The standard InChI is InChI=1S/C50H54N4O11S.C45H46N4O9S.2CH4/c1-25-16-29-17-31-32(20-51)54-33-22-61-47(56)50(30-19-34(58-7)35(18-28(30)14-15-52-50)64-48(57)65-49(3,4)5)23-66-46(40(54)39(53(31)6)36(29)41(55)42(25)59-8)38-37(33)45-44(62-24-63-45)26(2)43(38)60-21-27-12-10-9-11-13-27;1-22-13-26-14-28-29(17-46)49-30-19-56-44(52)45(27-16-32(53-4)31(50)15-25(27)11-12-47-45)20-59-43(37(49)36(48(28)3)33(26)38(51)39(22)54-5)35-34(30)42-41(57-21-58-42)23(2)40(35)55-18-24-9-7-6-8-10-24;;/h9-13,16,18-19,31-33,39-40,46,52,55H,14-15,17,21-24H2,1-8H3;6-10,13,15-16,28-30,36-37,43,47,50-51H,11-12,14,18-21H2,1-5H3;2*1H4/t31-,32-,33-,39+,40?,46+,50+;28-,29-,30-,36+,37?,43+,45+;;/m00../s1. The summed E-state index contributed by atoms with van der Waals surface area (Å²) in [5, 5.41) is 64.1. The lowest BCUT2D eigenvalue weighted by atomic mass is 9.71. The van der Waals surface area contributed by atoms with Gasteiger partial charge in [-0.2, -0.15) is 10.5 Å². The summed E-state index contributed by atoms with van der Waals surface area (Å²) in [5.41, 5.74) is 11.3. The van der Waals surface area contributed by atoms with E-state index in [2.05, 4.69) is 54.5 Å². The van der Waals surface area contributed by atoms with Crippen LogP contribution in [0.15, 0.2) is 97.1 Å². The number of fused-ring (bicyclic) bond motifs is 18. The highest BCUT2D eigenvalue weighted by atomic mass is 32.2. The van der Waals surface area contributed by atoms with E-state index >= 15 is 4.79 Å². The van der Waals surface area contributed by atoms with E-state index in [0.717, 1.165) is 89.0 Å². The van der Waals surface area contributed by atoms with Crippen LogP contribution in [0.5, 0.6) is 80.5 Å². The van der Waals surface area contributed by atoms with Gasteiger partial charge in [0.15, 0.2) is 80.1 Å². The molecular weight excluding hydrogens is 1660 g/mol. The Labute approximate surface area is 747 Å². The van der Waals surface area contributed by atoms with Gasteiger partial charge in [0.05, 0.1) is 75.2 Å². The van der Waals surface area contributed by atoms with Crippen molar-refractivity contribution in [1.29, 1.82) is 10.5 Å². The molecule has 0 aromatic heterocycles. The number of benzene rings is 8. The summed E-state index contributed by atoms with van der Waals surface area (Å²) >= 11 is 3.15. The van der Waals surface area contributed by atoms with Gasteiger partial charge in [-0.15, -0.1) is 23.5 Å². The number of hydrogen-bond donors (Lipinski definition) is 5. The topological polar surface area (TPSA) is 326 Å². The van der Waals surface area contributed by atoms with Crippen LogP contribution in [0.1, 0.15) is 170 Å². The van der Waals surface area contributed by atoms with Gasteiger partial charge < -0.3 is 81.6 Å². The van der Waals surface area contributed by atoms with E-state index in [4.69, 9.17) is 66.3 Å². The molecule has 2 spiro atoms. The van der Waals surface area contributed by atoms with Crippen molar-refractivity contribution in [2.45, 2.75) is 190 Å². The molecule has 30 heteroatoms. The SMILES string of the molecule is C.C.COc1cc2c(cc1O)CCN[C@]21CS[C@@H]2c3c(OCc4ccccc4)c(C)c4c(c3[C@H](COC1=O)N1C2[C@H]2c3c(cc(C)c(OC)c3O)C[C@@H]([C@@H]1C#N)N2C)OCO4.COc1cc2c(cc1OC(=O)OC(C)(C)C)CCN[C@]21CS[C@@H]2c3c(OCc4ccccc4)c(C)c4c(c3[C@H](COC1=O)N1C2[C@H]2c3c(cc(C)c(OC)c3O)C[C@@H]([C@@H]1C#N)N2C)OCO4. The number of aryl methyl sites for hydroxylation is 2. The molecular formula is C97H108N8O20S2. The Hall–Kier alpha value is -11.2. The number of phenolic OH excluding ortho intramolecular Hbond substituents is 3. The van der Waals surface area contributed by atoms with E-state index in [1.807, 2.05) is 102 Å². The number of ether oxygens (including phenoxy) is 14. The normalized spacial score (nSPS) is 26.5. The quantitative estimate of drug-likeness (QED) is 0.0456. The monoisotopic (exact) mass is 1770 g/mol. The highest BCUT2D eigenvalue weighted by Gasteiger charge is 2.65. The molecule has 0 amide bonds. The Morgan fingerprint density at radius 2 is 0.961 bits per heavy atom. The number of nitrogens with one attached hydrogen (secondary N) is 2. The third-order valence-corrected chi connectivity index (χ3v) is 30.3. The van der Waals surface area contributed by atoms with Crippen LogP contribution in [0, 0.1) is 50.4 Å².